The van der Waals surface area contributed by atoms with E-state index in [1.165, 1.54) is 7.11 Å². The van der Waals surface area contributed by atoms with Crippen LogP contribution in [0, 0.1) is 0 Å². The van der Waals surface area contributed by atoms with Gasteiger partial charge >= 0.3 is 5.97 Å². The van der Waals surface area contributed by atoms with Gasteiger partial charge in [0.2, 0.25) is 5.91 Å². The molecule has 1 amide bonds. The molecule has 1 saturated heterocycles. The Kier molecular flexibility index (Phi) is 5.67. The van der Waals surface area contributed by atoms with Gasteiger partial charge in [-0.25, -0.2) is 0 Å². The van der Waals surface area contributed by atoms with Gasteiger partial charge < -0.3 is 9.64 Å². The van der Waals surface area contributed by atoms with Crippen molar-refractivity contribution >= 4 is 41.1 Å². The number of carbonyl (C=O) groups excluding carboxylic acids is 2. The van der Waals surface area contributed by atoms with Crippen LogP contribution < -0.4 is 0 Å². The van der Waals surface area contributed by atoms with Crippen molar-refractivity contribution in [2.75, 3.05) is 26.0 Å². The van der Waals surface area contributed by atoms with Crippen LogP contribution in [-0.2, 0) is 14.3 Å². The van der Waals surface area contributed by atoms with Crippen molar-refractivity contribution < 1.29 is 14.3 Å². The lowest BCUT2D eigenvalue weighted by Crippen LogP contribution is -2.27. The zero-order valence-electron chi connectivity index (χ0n) is 11.3. The molecule has 2 rings (SSSR count). The third-order valence-corrected chi connectivity index (χ3v) is 5.15. The molecule has 1 aliphatic heterocycles. The van der Waals surface area contributed by atoms with E-state index in [-0.39, 0.29) is 11.9 Å². The normalized spacial score (nSPS) is 18.6. The van der Waals surface area contributed by atoms with Crippen LogP contribution in [0.3, 0.4) is 0 Å². The molecule has 1 fully saturated rings. The number of ether oxygens (including phenoxy) is 1. The molecular formula is C14H17NO3S2. The minimum Gasteiger partial charge on any atom is -0.468 e. The van der Waals surface area contributed by atoms with E-state index in [2.05, 4.69) is 4.74 Å². The number of carbonyl (C=O) groups is 2. The highest BCUT2D eigenvalue weighted by Crippen LogP contribution is 2.23. The van der Waals surface area contributed by atoms with Crippen molar-refractivity contribution in [3.05, 3.63) is 28.5 Å². The van der Waals surface area contributed by atoms with Crippen molar-refractivity contribution in [1.82, 2.24) is 4.90 Å². The summed E-state index contributed by atoms with van der Waals surface area (Å²) in [7, 11) is 1.39. The SMILES string of the molecule is COC(=O)CSC1CCN(C(=O)C=Cc2cccs2)C1. The Labute approximate surface area is 126 Å². The van der Waals surface area contributed by atoms with Crippen LogP contribution in [0.4, 0.5) is 0 Å². The highest BCUT2D eigenvalue weighted by atomic mass is 32.2. The van der Waals surface area contributed by atoms with E-state index < -0.39 is 0 Å². The monoisotopic (exact) mass is 311 g/mol. The molecule has 0 saturated carbocycles. The van der Waals surface area contributed by atoms with Crippen molar-refractivity contribution in [2.24, 2.45) is 0 Å². The van der Waals surface area contributed by atoms with E-state index in [1.54, 1.807) is 29.2 Å². The molecule has 2 heterocycles. The second kappa shape index (κ2) is 7.50. The molecule has 0 spiro atoms. The van der Waals surface area contributed by atoms with Gasteiger partial charge in [-0.1, -0.05) is 6.07 Å². The van der Waals surface area contributed by atoms with Crippen molar-refractivity contribution in [2.45, 2.75) is 11.7 Å². The predicted octanol–water partition coefficient (Wildman–Crippen LogP) is 2.27. The molecule has 108 valence electrons. The Morgan fingerprint density at radius 2 is 2.45 bits per heavy atom. The first-order valence-electron chi connectivity index (χ1n) is 6.38. The van der Waals surface area contributed by atoms with Gasteiger partial charge in [0.25, 0.3) is 0 Å². The number of methoxy groups -OCH3 is 1. The fraction of sp³-hybridized carbons (Fsp3) is 0.429. The number of amides is 1. The Morgan fingerprint density at radius 1 is 1.60 bits per heavy atom. The second-order valence-corrected chi connectivity index (χ2v) is 6.70. The van der Waals surface area contributed by atoms with E-state index in [9.17, 15) is 9.59 Å². The van der Waals surface area contributed by atoms with Gasteiger partial charge in [-0.2, -0.15) is 0 Å². The zero-order valence-corrected chi connectivity index (χ0v) is 12.9. The summed E-state index contributed by atoms with van der Waals surface area (Å²) in [5, 5.41) is 2.31. The van der Waals surface area contributed by atoms with Gasteiger partial charge in [-0.05, 0) is 23.9 Å². The molecule has 20 heavy (non-hydrogen) atoms. The molecule has 0 aliphatic carbocycles. The number of thiophene rings is 1. The van der Waals surface area contributed by atoms with E-state index in [0.717, 1.165) is 17.8 Å². The zero-order chi connectivity index (χ0) is 14.4. The first-order valence-corrected chi connectivity index (χ1v) is 8.31. The number of esters is 1. The average Bonchev–Trinajstić information content (AvgIpc) is 3.13. The van der Waals surface area contributed by atoms with Crippen LogP contribution >= 0.6 is 23.1 Å². The van der Waals surface area contributed by atoms with Crippen LogP contribution in [0.2, 0.25) is 0 Å². The third-order valence-electron chi connectivity index (χ3n) is 3.05. The molecule has 0 radical (unpaired) electrons. The van der Waals surface area contributed by atoms with E-state index >= 15 is 0 Å². The third kappa shape index (κ3) is 4.38. The molecule has 1 atom stereocenters. The number of hydrogen-bond acceptors (Lipinski definition) is 5. The Morgan fingerprint density at radius 3 is 3.15 bits per heavy atom. The maximum Gasteiger partial charge on any atom is 0.315 e. The van der Waals surface area contributed by atoms with Gasteiger partial charge in [0.05, 0.1) is 12.9 Å². The number of nitrogens with zero attached hydrogens (tertiary/aromatic N) is 1. The molecule has 0 N–H and O–H groups in total. The summed E-state index contributed by atoms with van der Waals surface area (Å²) in [4.78, 5) is 26.0. The Bertz CT molecular complexity index is 485. The standard InChI is InChI=1S/C14H17NO3S2/c1-18-14(17)10-20-12-6-7-15(9-12)13(16)5-4-11-3-2-8-19-11/h2-5,8,12H,6-7,9-10H2,1H3. The van der Waals surface area contributed by atoms with Crippen LogP contribution in [0.5, 0.6) is 0 Å². The van der Waals surface area contributed by atoms with E-state index in [4.69, 9.17) is 0 Å². The Balaban J connectivity index is 1.77. The molecule has 4 nitrogen and oxygen atoms in total. The fourth-order valence-electron chi connectivity index (χ4n) is 1.95. The first-order chi connectivity index (χ1) is 9.69. The average molecular weight is 311 g/mol. The van der Waals surface area contributed by atoms with Gasteiger partial charge in [-0.15, -0.1) is 23.1 Å². The van der Waals surface area contributed by atoms with Crippen LogP contribution in [-0.4, -0.2) is 48.0 Å². The number of rotatable bonds is 5. The minimum atomic E-state index is -0.211. The van der Waals surface area contributed by atoms with Crippen molar-refractivity contribution in [3.8, 4) is 0 Å². The second-order valence-electron chi connectivity index (χ2n) is 4.43. The maximum atomic E-state index is 12.0. The van der Waals surface area contributed by atoms with E-state index in [1.807, 2.05) is 28.5 Å². The molecule has 1 unspecified atom stereocenters. The van der Waals surface area contributed by atoms with Gasteiger partial charge in [-0.3, -0.25) is 9.59 Å². The van der Waals surface area contributed by atoms with Crippen molar-refractivity contribution in [3.63, 3.8) is 0 Å². The number of hydrogen-bond donors (Lipinski definition) is 0. The summed E-state index contributed by atoms with van der Waals surface area (Å²) in [5.74, 6) is 0.186. The molecule has 1 aromatic heterocycles. The fourth-order valence-corrected chi connectivity index (χ4v) is 3.62. The highest BCUT2D eigenvalue weighted by molar-refractivity contribution is 8.00. The minimum absolute atomic E-state index is 0.0413. The summed E-state index contributed by atoms with van der Waals surface area (Å²) in [6.07, 6.45) is 4.40. The summed E-state index contributed by atoms with van der Waals surface area (Å²) < 4.78 is 4.61. The Hall–Kier alpha value is -1.27. The van der Waals surface area contributed by atoms with Gasteiger partial charge in [0.15, 0.2) is 0 Å². The van der Waals surface area contributed by atoms with Crippen LogP contribution in [0.25, 0.3) is 6.08 Å². The number of likely N-dealkylation sites (tertiary alicyclic amines) is 1. The van der Waals surface area contributed by atoms with E-state index in [0.29, 0.717) is 17.5 Å². The topological polar surface area (TPSA) is 46.6 Å². The van der Waals surface area contributed by atoms with Gasteiger partial charge in [0.1, 0.15) is 0 Å². The summed E-state index contributed by atoms with van der Waals surface area (Å²) in [6, 6.07) is 3.94. The van der Waals surface area contributed by atoms with Crippen LogP contribution in [0.1, 0.15) is 11.3 Å². The smallest absolute Gasteiger partial charge is 0.315 e. The predicted molar refractivity (Wildman–Crippen MR) is 82.8 cm³/mol. The molecule has 0 aromatic carbocycles. The largest absolute Gasteiger partial charge is 0.468 e. The highest BCUT2D eigenvalue weighted by Gasteiger charge is 2.25. The quantitative estimate of drug-likeness (QED) is 0.618. The molecule has 1 aromatic rings. The number of thioether (sulfide) groups is 1. The molecule has 6 heteroatoms. The lowest BCUT2D eigenvalue weighted by atomic mass is 10.4. The summed E-state index contributed by atoms with van der Waals surface area (Å²) in [5.41, 5.74) is 0. The molecular weight excluding hydrogens is 294 g/mol. The molecule has 1 aliphatic rings. The first kappa shape index (κ1) is 15.1. The lowest BCUT2D eigenvalue weighted by Gasteiger charge is -2.13. The van der Waals surface area contributed by atoms with Gasteiger partial charge in [0, 0.05) is 29.3 Å². The molecule has 0 bridgehead atoms. The summed E-state index contributed by atoms with van der Waals surface area (Å²) in [6.45, 7) is 1.46. The maximum absolute atomic E-state index is 12.0. The lowest BCUT2D eigenvalue weighted by molar-refractivity contribution is -0.137. The van der Waals surface area contributed by atoms with Crippen LogP contribution in [0.15, 0.2) is 23.6 Å². The summed E-state index contributed by atoms with van der Waals surface area (Å²) >= 11 is 3.17. The van der Waals surface area contributed by atoms with Crippen molar-refractivity contribution in [1.29, 1.82) is 0 Å².